The summed E-state index contributed by atoms with van der Waals surface area (Å²) in [6, 6.07) is 0.286. The molecule has 0 spiro atoms. The predicted molar refractivity (Wildman–Crippen MR) is 74.2 cm³/mol. The Morgan fingerprint density at radius 3 is 1.37 bits per heavy atom. The zero-order chi connectivity index (χ0) is 15.0. The van der Waals surface area contributed by atoms with Crippen molar-refractivity contribution < 1.29 is 36.3 Å². The molecule has 0 bridgehead atoms. The van der Waals surface area contributed by atoms with Gasteiger partial charge >= 0.3 is 35.3 Å². The Hall–Kier alpha value is -0.132. The molecule has 1 fully saturated rings. The van der Waals surface area contributed by atoms with E-state index >= 15 is 0 Å². The molecule has 0 unspecified atom stereocenters. The SMILES string of the molecule is [CH2-]C(=O)O.[CH2-]C(=O)O.[Cl][Pt][Cl].[NH-]C1CCCCC1.[NH2-]. The first-order chi connectivity index (χ1) is 8.27. The second kappa shape index (κ2) is 23.0. The van der Waals surface area contributed by atoms with Gasteiger partial charge in [0.1, 0.15) is 0 Å². The second-order valence-corrected chi connectivity index (χ2v) is 6.45. The molecule has 0 aliphatic heterocycles. The Morgan fingerprint density at radius 1 is 1.05 bits per heavy atom. The number of rotatable bonds is 0. The molecule has 19 heavy (non-hydrogen) atoms. The van der Waals surface area contributed by atoms with E-state index in [0.29, 0.717) is 0 Å². The van der Waals surface area contributed by atoms with Crippen LogP contribution in [-0.4, -0.2) is 28.2 Å². The molecule has 0 amide bonds. The summed E-state index contributed by atoms with van der Waals surface area (Å²) in [6.45, 7) is 5.11. The van der Waals surface area contributed by atoms with E-state index < -0.39 is 28.4 Å². The molecular weight excluding hydrogens is 478 g/mol. The van der Waals surface area contributed by atoms with Gasteiger partial charge in [0.05, 0.1) is 0 Å². The first kappa shape index (κ1) is 27.3. The third-order valence-corrected chi connectivity index (χ3v) is 1.61. The van der Waals surface area contributed by atoms with Gasteiger partial charge < -0.3 is 22.1 Å². The van der Waals surface area contributed by atoms with E-state index in [2.05, 4.69) is 13.8 Å². The van der Waals surface area contributed by atoms with Crippen molar-refractivity contribution in [2.24, 2.45) is 0 Å². The fourth-order valence-electron chi connectivity index (χ4n) is 1.10. The Balaban J connectivity index is -0.0000000831. The number of hydrogen-bond donors (Lipinski definition) is 2. The van der Waals surface area contributed by atoms with Gasteiger partial charge in [-0.05, 0) is 0 Å². The van der Waals surface area contributed by atoms with E-state index in [1.54, 1.807) is 0 Å². The minimum absolute atomic E-state index is 0. The molecule has 0 radical (unpaired) electrons. The zero-order valence-corrected chi connectivity index (χ0v) is 14.2. The third-order valence-electron chi connectivity index (χ3n) is 1.61. The fourth-order valence-corrected chi connectivity index (χ4v) is 1.10. The van der Waals surface area contributed by atoms with E-state index in [-0.39, 0.29) is 12.2 Å². The van der Waals surface area contributed by atoms with Gasteiger partial charge in [0.2, 0.25) is 0 Å². The minimum atomic E-state index is -1.08. The maximum absolute atomic E-state index is 8.89. The number of carbonyl (C=O) groups is 2. The van der Waals surface area contributed by atoms with E-state index in [1.165, 1.54) is 19.3 Å². The number of nitrogens with two attached hydrogens (primary N) is 1. The first-order valence-electron chi connectivity index (χ1n) is 4.91. The van der Waals surface area contributed by atoms with Crippen molar-refractivity contribution >= 4 is 30.8 Å². The van der Waals surface area contributed by atoms with Gasteiger partial charge in [0.15, 0.2) is 11.9 Å². The summed E-state index contributed by atoms with van der Waals surface area (Å²) in [7, 11) is 9.75. The van der Waals surface area contributed by atoms with Crippen LogP contribution in [0.2, 0.25) is 0 Å². The molecule has 1 aliphatic carbocycles. The van der Waals surface area contributed by atoms with E-state index in [4.69, 9.17) is 44.4 Å². The summed E-state index contributed by atoms with van der Waals surface area (Å²) in [5, 5.41) is 14.6. The number of aliphatic carboxylic acids is 2. The monoisotopic (exact) mass is 497 g/mol. The molecule has 6 nitrogen and oxygen atoms in total. The van der Waals surface area contributed by atoms with Crippen LogP contribution >= 0.6 is 18.8 Å². The molecule has 9 heteroatoms. The van der Waals surface area contributed by atoms with Crippen molar-refractivity contribution in [3.8, 4) is 0 Å². The van der Waals surface area contributed by atoms with Gasteiger partial charge in [-0.15, -0.1) is 6.04 Å². The summed E-state index contributed by atoms with van der Waals surface area (Å²) in [5.41, 5.74) is 7.27. The van der Waals surface area contributed by atoms with Crippen LogP contribution in [0.15, 0.2) is 0 Å². The van der Waals surface area contributed by atoms with Crippen LogP contribution in [-0.2, 0) is 26.1 Å². The largest absolute Gasteiger partial charge is 0.693 e. The fraction of sp³-hybridized carbons (Fsp3) is 0.600. The average Bonchev–Trinajstić information content (AvgIpc) is 2.18. The summed E-state index contributed by atoms with van der Waals surface area (Å²) in [6.07, 6.45) is 6.28. The summed E-state index contributed by atoms with van der Waals surface area (Å²) in [5.74, 6) is -2.17. The quantitative estimate of drug-likeness (QED) is 0.483. The Labute approximate surface area is 131 Å². The van der Waals surface area contributed by atoms with Gasteiger partial charge in [0.25, 0.3) is 0 Å². The van der Waals surface area contributed by atoms with Crippen molar-refractivity contribution in [2.75, 3.05) is 0 Å². The van der Waals surface area contributed by atoms with Crippen molar-refractivity contribution in [3.63, 3.8) is 0 Å². The van der Waals surface area contributed by atoms with Gasteiger partial charge in [-0.25, -0.2) is 0 Å². The number of hydrogen-bond acceptors (Lipinski definition) is 2. The Morgan fingerprint density at radius 2 is 1.26 bits per heavy atom. The van der Waals surface area contributed by atoms with Crippen molar-refractivity contribution in [2.45, 2.75) is 38.1 Å². The molecular formula is C10H20Cl2N2O4Pt-4. The Bertz CT molecular complexity index is 186. The molecule has 1 aliphatic rings. The van der Waals surface area contributed by atoms with Crippen LogP contribution < -0.4 is 0 Å². The van der Waals surface area contributed by atoms with E-state index in [9.17, 15) is 0 Å². The van der Waals surface area contributed by atoms with Crippen LogP contribution in [0.5, 0.6) is 0 Å². The van der Waals surface area contributed by atoms with Gasteiger partial charge in [0, 0.05) is 0 Å². The molecule has 0 aromatic heterocycles. The molecule has 1 rings (SSSR count). The van der Waals surface area contributed by atoms with Gasteiger partial charge in [-0.1, -0.05) is 32.1 Å². The molecule has 122 valence electrons. The van der Waals surface area contributed by atoms with Crippen molar-refractivity contribution in [1.82, 2.24) is 0 Å². The first-order valence-corrected chi connectivity index (χ1v) is 10.5. The van der Waals surface area contributed by atoms with Crippen LogP contribution in [0.25, 0.3) is 11.9 Å². The molecule has 5 N–H and O–H groups in total. The van der Waals surface area contributed by atoms with Gasteiger partial charge in [-0.3, -0.25) is 23.4 Å². The van der Waals surface area contributed by atoms with E-state index in [0.717, 1.165) is 12.8 Å². The number of carboxylic acid groups (broad SMARTS) is 2. The van der Waals surface area contributed by atoms with Crippen LogP contribution in [0.3, 0.4) is 0 Å². The summed E-state index contributed by atoms with van der Waals surface area (Å²) in [4.78, 5) is 17.8. The standard InChI is InChI=1S/C6H12N.2C2H3O2.2ClH.H2N.Pt/c7-6-4-2-1-3-5-6;2*1-2(3)4;;;;/h6-7H,1-5H2;2*1H2,(H,3,4);2*1H;1H2;/q3*-1;;;-1;+2/p-2. The molecule has 0 aromatic rings. The number of halogens is 2. The number of nitrogens with one attached hydrogen (secondary N) is 1. The van der Waals surface area contributed by atoms with Crippen LogP contribution in [0.4, 0.5) is 0 Å². The number of carboxylic acids is 2. The minimum Gasteiger partial charge on any atom is -0.693 e. The third kappa shape index (κ3) is 72.7. The summed E-state index contributed by atoms with van der Waals surface area (Å²) < 4.78 is 0. The van der Waals surface area contributed by atoms with Crippen LogP contribution in [0.1, 0.15) is 32.1 Å². The molecule has 0 heterocycles. The predicted octanol–water partition coefficient (Wildman–Crippen LogP) is 4.28. The van der Waals surface area contributed by atoms with Crippen molar-refractivity contribution in [3.05, 3.63) is 25.7 Å². The summed E-state index contributed by atoms with van der Waals surface area (Å²) >= 11 is -0.472. The topological polar surface area (TPSA) is 132 Å². The van der Waals surface area contributed by atoms with Gasteiger partial charge in [-0.2, -0.15) is 0 Å². The second-order valence-electron chi connectivity index (χ2n) is 3.17. The van der Waals surface area contributed by atoms with Crippen LogP contribution in [0, 0.1) is 13.8 Å². The van der Waals surface area contributed by atoms with Crippen molar-refractivity contribution in [1.29, 1.82) is 0 Å². The molecule has 1 saturated carbocycles. The molecule has 0 saturated heterocycles. The maximum atomic E-state index is 8.89. The molecule has 0 atom stereocenters. The molecule has 0 aromatic carbocycles. The normalized spacial score (nSPS) is 13.0. The zero-order valence-electron chi connectivity index (χ0n) is 10.4. The Kier molecular flexibility index (Phi) is 33.0. The maximum Gasteiger partial charge on any atom is -0.0534 e. The average molecular weight is 498 g/mol. The van der Waals surface area contributed by atoms with E-state index in [1.807, 2.05) is 0 Å². The smallest absolute Gasteiger partial charge is 0.0534 e.